The van der Waals surface area contributed by atoms with Gasteiger partial charge in [-0.2, -0.15) is 0 Å². The highest BCUT2D eigenvalue weighted by molar-refractivity contribution is 5.90. The van der Waals surface area contributed by atoms with Gasteiger partial charge in [0.2, 0.25) is 11.8 Å². The second-order valence-electron chi connectivity index (χ2n) is 4.79. The van der Waals surface area contributed by atoms with Crippen molar-refractivity contribution in [2.45, 2.75) is 37.3 Å². The molecule has 0 aromatic heterocycles. The first kappa shape index (κ1) is 12.3. The summed E-state index contributed by atoms with van der Waals surface area (Å²) in [6.45, 7) is 1.01. The molecule has 6 nitrogen and oxygen atoms in total. The van der Waals surface area contributed by atoms with E-state index in [2.05, 4.69) is 10.6 Å². The van der Waals surface area contributed by atoms with Gasteiger partial charge in [-0.1, -0.05) is 0 Å². The topological polar surface area (TPSA) is 93.5 Å². The zero-order chi connectivity index (χ0) is 12.3. The minimum atomic E-state index is -0.877. The van der Waals surface area contributed by atoms with Crippen LogP contribution in [0.4, 0.5) is 0 Å². The number of rotatable bonds is 4. The van der Waals surface area contributed by atoms with Crippen molar-refractivity contribution in [1.82, 2.24) is 10.6 Å². The Morgan fingerprint density at radius 2 is 1.94 bits per heavy atom. The summed E-state index contributed by atoms with van der Waals surface area (Å²) in [5.41, 5.74) is 5.10. The molecule has 1 aliphatic heterocycles. The maximum Gasteiger partial charge on any atom is 0.240 e. The Balaban J connectivity index is 1.73. The van der Waals surface area contributed by atoms with E-state index in [1.807, 2.05) is 0 Å². The van der Waals surface area contributed by atoms with Crippen molar-refractivity contribution in [3.63, 3.8) is 0 Å². The van der Waals surface area contributed by atoms with Gasteiger partial charge in [-0.25, -0.2) is 0 Å². The minimum absolute atomic E-state index is 0.00907. The number of carbonyl (C=O) groups is 2. The molecule has 0 radical (unpaired) electrons. The zero-order valence-corrected chi connectivity index (χ0v) is 9.83. The van der Waals surface area contributed by atoms with Crippen LogP contribution in [-0.2, 0) is 14.3 Å². The van der Waals surface area contributed by atoms with Crippen LogP contribution < -0.4 is 16.4 Å². The van der Waals surface area contributed by atoms with Crippen LogP contribution in [0.5, 0.6) is 0 Å². The Morgan fingerprint density at radius 1 is 1.29 bits per heavy atom. The normalized spacial score (nSPS) is 22.9. The molecule has 1 saturated carbocycles. The molecular formula is C11H19N3O3. The van der Waals surface area contributed by atoms with Gasteiger partial charge in [-0.15, -0.1) is 0 Å². The summed E-state index contributed by atoms with van der Waals surface area (Å²) >= 11 is 0. The van der Waals surface area contributed by atoms with Crippen molar-refractivity contribution < 1.29 is 14.3 Å². The Hall–Kier alpha value is -1.14. The number of nitrogens with two attached hydrogens (primary N) is 1. The molecule has 2 fully saturated rings. The fraction of sp³-hybridized carbons (Fsp3) is 0.818. The Bertz CT molecular complexity index is 309. The standard InChI is InChI=1S/C11H19N3O3/c12-11(3-5-17-6-4-11)10(16)13-7-9(15)14-8-1-2-8/h8H,1-7,12H2,(H,13,16)(H,14,15). The fourth-order valence-electron chi connectivity index (χ4n) is 1.81. The van der Waals surface area contributed by atoms with Crippen molar-refractivity contribution in [2.24, 2.45) is 5.73 Å². The maximum absolute atomic E-state index is 11.9. The van der Waals surface area contributed by atoms with E-state index in [1.165, 1.54) is 0 Å². The highest BCUT2D eigenvalue weighted by atomic mass is 16.5. The second-order valence-corrected chi connectivity index (χ2v) is 4.79. The van der Waals surface area contributed by atoms with Crippen molar-refractivity contribution in [2.75, 3.05) is 19.8 Å². The smallest absolute Gasteiger partial charge is 0.240 e. The molecule has 1 aliphatic carbocycles. The summed E-state index contributed by atoms with van der Waals surface area (Å²) in [6.07, 6.45) is 3.09. The van der Waals surface area contributed by atoms with Crippen LogP contribution in [0, 0.1) is 0 Å². The summed E-state index contributed by atoms with van der Waals surface area (Å²) in [7, 11) is 0. The lowest BCUT2D eigenvalue weighted by molar-refractivity contribution is -0.132. The van der Waals surface area contributed by atoms with Gasteiger partial charge in [0, 0.05) is 19.3 Å². The first-order valence-corrected chi connectivity index (χ1v) is 6.04. The summed E-state index contributed by atoms with van der Waals surface area (Å²) in [6, 6.07) is 0.314. The van der Waals surface area contributed by atoms with E-state index in [0.717, 1.165) is 12.8 Å². The van der Waals surface area contributed by atoms with Gasteiger partial charge in [0.05, 0.1) is 12.1 Å². The third kappa shape index (κ3) is 3.41. The van der Waals surface area contributed by atoms with Gasteiger partial charge in [0.1, 0.15) is 0 Å². The number of hydrogen-bond donors (Lipinski definition) is 3. The SMILES string of the molecule is NC1(C(=O)NCC(=O)NC2CC2)CCOCC1. The molecule has 0 aromatic carbocycles. The fourth-order valence-corrected chi connectivity index (χ4v) is 1.81. The molecule has 2 amide bonds. The number of hydrogen-bond acceptors (Lipinski definition) is 4. The van der Waals surface area contributed by atoms with Gasteiger partial charge in [0.15, 0.2) is 0 Å². The van der Waals surface area contributed by atoms with Gasteiger partial charge >= 0.3 is 0 Å². The summed E-state index contributed by atoms with van der Waals surface area (Å²) in [5, 5.41) is 5.40. The summed E-state index contributed by atoms with van der Waals surface area (Å²) in [4.78, 5) is 23.2. The largest absolute Gasteiger partial charge is 0.381 e. The van der Waals surface area contributed by atoms with Crippen LogP contribution in [0.2, 0.25) is 0 Å². The zero-order valence-electron chi connectivity index (χ0n) is 9.83. The number of carbonyl (C=O) groups excluding carboxylic acids is 2. The van der Waals surface area contributed by atoms with E-state index in [4.69, 9.17) is 10.5 Å². The molecule has 2 rings (SSSR count). The molecular weight excluding hydrogens is 222 g/mol. The molecule has 0 aromatic rings. The first-order valence-electron chi connectivity index (χ1n) is 6.04. The van der Waals surface area contributed by atoms with E-state index in [1.54, 1.807) is 0 Å². The van der Waals surface area contributed by atoms with Crippen molar-refractivity contribution in [1.29, 1.82) is 0 Å². The Morgan fingerprint density at radius 3 is 2.53 bits per heavy atom. The lowest BCUT2D eigenvalue weighted by Crippen LogP contribution is -2.58. The van der Waals surface area contributed by atoms with Crippen LogP contribution >= 0.6 is 0 Å². The molecule has 0 spiro atoms. The quantitative estimate of drug-likeness (QED) is 0.582. The van der Waals surface area contributed by atoms with Crippen LogP contribution in [-0.4, -0.2) is 43.2 Å². The predicted octanol–water partition coefficient (Wildman–Crippen LogP) is -1.11. The summed E-state index contributed by atoms with van der Waals surface area (Å²) < 4.78 is 5.16. The molecule has 17 heavy (non-hydrogen) atoms. The molecule has 1 saturated heterocycles. The Kier molecular flexibility index (Phi) is 3.63. The van der Waals surface area contributed by atoms with Crippen LogP contribution in [0.15, 0.2) is 0 Å². The van der Waals surface area contributed by atoms with E-state index >= 15 is 0 Å². The Labute approximate surface area is 100 Å². The van der Waals surface area contributed by atoms with Crippen molar-refractivity contribution in [3.05, 3.63) is 0 Å². The number of amides is 2. The van der Waals surface area contributed by atoms with E-state index < -0.39 is 5.54 Å². The highest BCUT2D eigenvalue weighted by Crippen LogP contribution is 2.19. The van der Waals surface area contributed by atoms with Crippen molar-refractivity contribution in [3.8, 4) is 0 Å². The molecule has 6 heteroatoms. The third-order valence-corrected chi connectivity index (χ3v) is 3.19. The van der Waals surface area contributed by atoms with Gasteiger partial charge in [-0.05, 0) is 25.7 Å². The van der Waals surface area contributed by atoms with Gasteiger partial charge in [-0.3, -0.25) is 9.59 Å². The van der Waals surface area contributed by atoms with E-state index in [-0.39, 0.29) is 18.4 Å². The molecule has 0 atom stereocenters. The van der Waals surface area contributed by atoms with Crippen LogP contribution in [0.1, 0.15) is 25.7 Å². The molecule has 4 N–H and O–H groups in total. The monoisotopic (exact) mass is 241 g/mol. The van der Waals surface area contributed by atoms with Gasteiger partial charge < -0.3 is 21.1 Å². The minimum Gasteiger partial charge on any atom is -0.381 e. The molecule has 1 heterocycles. The number of nitrogens with one attached hydrogen (secondary N) is 2. The van der Waals surface area contributed by atoms with Crippen molar-refractivity contribution >= 4 is 11.8 Å². The first-order chi connectivity index (χ1) is 8.10. The van der Waals surface area contributed by atoms with Gasteiger partial charge in [0.25, 0.3) is 0 Å². The number of ether oxygens (including phenoxy) is 1. The van der Waals surface area contributed by atoms with Crippen LogP contribution in [0.25, 0.3) is 0 Å². The average Bonchev–Trinajstić information content (AvgIpc) is 3.11. The highest BCUT2D eigenvalue weighted by Gasteiger charge is 2.36. The second kappa shape index (κ2) is 5.01. The lowest BCUT2D eigenvalue weighted by atomic mass is 9.90. The molecule has 0 unspecified atom stereocenters. The summed E-state index contributed by atoms with van der Waals surface area (Å²) in [5.74, 6) is -0.400. The lowest BCUT2D eigenvalue weighted by Gasteiger charge is -2.31. The van der Waals surface area contributed by atoms with E-state index in [9.17, 15) is 9.59 Å². The van der Waals surface area contributed by atoms with Crippen LogP contribution in [0.3, 0.4) is 0 Å². The third-order valence-electron chi connectivity index (χ3n) is 3.19. The molecule has 2 aliphatic rings. The average molecular weight is 241 g/mol. The van der Waals surface area contributed by atoms with E-state index in [0.29, 0.717) is 32.1 Å². The predicted molar refractivity (Wildman–Crippen MR) is 61.1 cm³/mol. The maximum atomic E-state index is 11.9. The molecule has 96 valence electrons. The molecule has 0 bridgehead atoms.